The average Bonchev–Trinajstić information content (AvgIpc) is 3.04. The van der Waals surface area contributed by atoms with Crippen LogP contribution in [0.15, 0.2) is 54.6 Å². The first-order valence-electron chi connectivity index (χ1n) is 8.32. The van der Waals surface area contributed by atoms with Crippen molar-refractivity contribution in [1.82, 2.24) is 0 Å². The number of carbonyl (C=O) groups excluding carboxylic acids is 3. The highest BCUT2D eigenvalue weighted by molar-refractivity contribution is 6.33. The Balaban J connectivity index is 1.65. The van der Waals surface area contributed by atoms with Gasteiger partial charge < -0.3 is 9.64 Å². The maximum atomic E-state index is 12.4. The number of benzene rings is 2. The second-order valence-electron chi connectivity index (χ2n) is 6.17. The van der Waals surface area contributed by atoms with E-state index in [0.29, 0.717) is 16.3 Å². The quantitative estimate of drug-likeness (QED) is 0.596. The first kappa shape index (κ1) is 18.1. The van der Waals surface area contributed by atoms with E-state index in [-0.39, 0.29) is 24.7 Å². The molecule has 3 rings (SSSR count). The molecule has 6 heteroatoms. The Morgan fingerprint density at radius 2 is 1.77 bits per heavy atom. The maximum Gasteiger partial charge on any atom is 0.312 e. The smallest absolute Gasteiger partial charge is 0.312 e. The van der Waals surface area contributed by atoms with E-state index < -0.39 is 18.0 Å². The normalized spacial score (nSPS) is 17.8. The number of hydrogen-bond acceptors (Lipinski definition) is 4. The highest BCUT2D eigenvalue weighted by atomic mass is 35.5. The van der Waals surface area contributed by atoms with Crippen LogP contribution in [0.5, 0.6) is 0 Å². The molecule has 1 fully saturated rings. The van der Waals surface area contributed by atoms with Crippen LogP contribution < -0.4 is 4.90 Å². The molecule has 0 radical (unpaired) electrons. The minimum absolute atomic E-state index is 0.0380. The molecule has 1 aliphatic rings. The van der Waals surface area contributed by atoms with Gasteiger partial charge in [0.05, 0.1) is 16.6 Å². The van der Waals surface area contributed by atoms with Gasteiger partial charge in [0.2, 0.25) is 11.7 Å². The van der Waals surface area contributed by atoms with Gasteiger partial charge in [-0.2, -0.15) is 0 Å². The van der Waals surface area contributed by atoms with Crippen molar-refractivity contribution >= 4 is 34.9 Å². The van der Waals surface area contributed by atoms with Crippen molar-refractivity contribution in [2.45, 2.75) is 19.4 Å². The lowest BCUT2D eigenvalue weighted by molar-refractivity contribution is -0.151. The summed E-state index contributed by atoms with van der Waals surface area (Å²) in [7, 11) is 0. The average molecular weight is 372 g/mol. The lowest BCUT2D eigenvalue weighted by atomic mass is 10.1. The van der Waals surface area contributed by atoms with Crippen LogP contribution in [0, 0.1) is 5.92 Å². The zero-order chi connectivity index (χ0) is 18.7. The molecule has 2 aromatic rings. The molecule has 0 saturated carbocycles. The molecule has 1 amide bonds. The second kappa shape index (κ2) is 7.70. The van der Waals surface area contributed by atoms with Gasteiger partial charge >= 0.3 is 5.97 Å². The van der Waals surface area contributed by atoms with Crippen molar-refractivity contribution in [3.05, 3.63) is 65.2 Å². The van der Waals surface area contributed by atoms with E-state index >= 15 is 0 Å². The highest BCUT2D eigenvalue weighted by Crippen LogP contribution is 2.31. The van der Waals surface area contributed by atoms with Crippen LogP contribution in [0.25, 0.3) is 0 Å². The molecule has 0 aliphatic carbocycles. The number of Topliss-reactive ketones (excluding diaryl/α,β-unsaturated/α-hetero) is 1. The minimum atomic E-state index is -0.908. The molecule has 2 aromatic carbocycles. The molecular formula is C20H18ClNO4. The summed E-state index contributed by atoms with van der Waals surface area (Å²) in [6.45, 7) is 1.73. The van der Waals surface area contributed by atoms with Crippen LogP contribution in [-0.2, 0) is 14.3 Å². The van der Waals surface area contributed by atoms with Crippen molar-refractivity contribution in [2.75, 3.05) is 11.4 Å². The van der Waals surface area contributed by atoms with Gasteiger partial charge in [-0.25, -0.2) is 0 Å². The monoisotopic (exact) mass is 371 g/mol. The van der Waals surface area contributed by atoms with Crippen LogP contribution in [0.1, 0.15) is 23.7 Å². The van der Waals surface area contributed by atoms with Crippen LogP contribution in [-0.4, -0.2) is 30.3 Å². The Bertz CT molecular complexity index is 837. The summed E-state index contributed by atoms with van der Waals surface area (Å²) in [5, 5.41) is 0.447. The summed E-state index contributed by atoms with van der Waals surface area (Å²) < 4.78 is 5.31. The van der Waals surface area contributed by atoms with Gasteiger partial charge in [-0.05, 0) is 19.1 Å². The Hall–Kier alpha value is -2.66. The van der Waals surface area contributed by atoms with Crippen LogP contribution in [0.3, 0.4) is 0 Å². The molecule has 1 saturated heterocycles. The SMILES string of the molecule is C[C@H](OC(=O)[C@H]1CC(=O)N(c2ccccc2Cl)C1)C(=O)c1ccccc1. The molecule has 134 valence electrons. The number of rotatable bonds is 5. The van der Waals surface area contributed by atoms with E-state index in [1.807, 2.05) is 0 Å². The standard InChI is InChI=1S/C20H18ClNO4/c1-13(19(24)14-7-3-2-4-8-14)26-20(25)15-11-18(23)22(12-15)17-10-6-5-9-16(17)21/h2-10,13,15H,11-12H2,1H3/t13-,15-/m0/s1. The number of nitrogens with zero attached hydrogens (tertiary/aromatic N) is 1. The molecule has 1 heterocycles. The van der Waals surface area contributed by atoms with Crippen LogP contribution >= 0.6 is 11.6 Å². The number of esters is 1. The topological polar surface area (TPSA) is 63.7 Å². The summed E-state index contributed by atoms with van der Waals surface area (Å²) in [5.41, 5.74) is 1.05. The van der Waals surface area contributed by atoms with Gasteiger partial charge in [0.15, 0.2) is 6.10 Å². The number of para-hydroxylation sites is 1. The van der Waals surface area contributed by atoms with Gasteiger partial charge in [-0.15, -0.1) is 0 Å². The predicted molar refractivity (Wildman–Crippen MR) is 98.2 cm³/mol. The fourth-order valence-electron chi connectivity index (χ4n) is 2.93. The Labute approximate surface area is 156 Å². The fraction of sp³-hybridized carbons (Fsp3) is 0.250. The molecule has 5 nitrogen and oxygen atoms in total. The van der Waals surface area contributed by atoms with E-state index in [1.54, 1.807) is 54.6 Å². The second-order valence-corrected chi connectivity index (χ2v) is 6.57. The molecule has 0 unspecified atom stereocenters. The van der Waals surface area contributed by atoms with Gasteiger partial charge in [0.25, 0.3) is 0 Å². The van der Waals surface area contributed by atoms with Gasteiger partial charge in [-0.3, -0.25) is 14.4 Å². The van der Waals surface area contributed by atoms with Crippen LogP contribution in [0.4, 0.5) is 5.69 Å². The number of carbonyl (C=O) groups is 3. The summed E-state index contributed by atoms with van der Waals surface area (Å²) in [5.74, 6) is -1.64. The summed E-state index contributed by atoms with van der Waals surface area (Å²) in [6, 6.07) is 15.6. The molecule has 0 spiro atoms. The lowest BCUT2D eigenvalue weighted by Crippen LogP contribution is -2.30. The van der Waals surface area contributed by atoms with E-state index in [2.05, 4.69) is 0 Å². The summed E-state index contributed by atoms with van der Waals surface area (Å²) in [4.78, 5) is 38.5. The zero-order valence-electron chi connectivity index (χ0n) is 14.2. The Morgan fingerprint density at radius 3 is 2.46 bits per heavy atom. The molecule has 0 aromatic heterocycles. The first-order valence-corrected chi connectivity index (χ1v) is 8.70. The third-order valence-corrected chi connectivity index (χ3v) is 4.64. The molecular weight excluding hydrogens is 354 g/mol. The third kappa shape index (κ3) is 3.78. The van der Waals surface area contributed by atoms with E-state index in [4.69, 9.17) is 16.3 Å². The van der Waals surface area contributed by atoms with E-state index in [1.165, 1.54) is 11.8 Å². The van der Waals surface area contributed by atoms with Gasteiger partial charge in [-0.1, -0.05) is 54.1 Å². The Kier molecular flexibility index (Phi) is 5.38. The molecule has 2 atom stereocenters. The minimum Gasteiger partial charge on any atom is -0.454 e. The van der Waals surface area contributed by atoms with Crippen molar-refractivity contribution in [1.29, 1.82) is 0 Å². The molecule has 0 bridgehead atoms. The summed E-state index contributed by atoms with van der Waals surface area (Å²) in [6.07, 6.45) is -0.870. The van der Waals surface area contributed by atoms with Crippen molar-refractivity contribution < 1.29 is 19.1 Å². The molecule has 26 heavy (non-hydrogen) atoms. The number of ether oxygens (including phenoxy) is 1. The van der Waals surface area contributed by atoms with Crippen molar-refractivity contribution in [3.63, 3.8) is 0 Å². The van der Waals surface area contributed by atoms with Crippen LogP contribution in [0.2, 0.25) is 5.02 Å². The Morgan fingerprint density at radius 1 is 1.12 bits per heavy atom. The van der Waals surface area contributed by atoms with E-state index in [9.17, 15) is 14.4 Å². The van der Waals surface area contributed by atoms with E-state index in [0.717, 1.165) is 0 Å². The van der Waals surface area contributed by atoms with Gasteiger partial charge in [0.1, 0.15) is 0 Å². The summed E-state index contributed by atoms with van der Waals surface area (Å²) >= 11 is 6.14. The number of amides is 1. The lowest BCUT2D eigenvalue weighted by Gasteiger charge is -2.18. The predicted octanol–water partition coefficient (Wildman–Crippen LogP) is 3.51. The third-order valence-electron chi connectivity index (χ3n) is 4.32. The molecule has 0 N–H and O–H groups in total. The van der Waals surface area contributed by atoms with Crippen molar-refractivity contribution in [2.24, 2.45) is 5.92 Å². The zero-order valence-corrected chi connectivity index (χ0v) is 15.0. The number of halogens is 1. The first-order chi connectivity index (χ1) is 12.5. The fourth-order valence-corrected chi connectivity index (χ4v) is 3.17. The number of ketones is 1. The largest absolute Gasteiger partial charge is 0.454 e. The van der Waals surface area contributed by atoms with Crippen molar-refractivity contribution in [3.8, 4) is 0 Å². The number of hydrogen-bond donors (Lipinski definition) is 0. The number of anilines is 1. The highest BCUT2D eigenvalue weighted by Gasteiger charge is 2.38. The maximum absolute atomic E-state index is 12.4. The molecule has 1 aliphatic heterocycles. The van der Waals surface area contributed by atoms with Gasteiger partial charge in [0, 0.05) is 18.5 Å².